The molecule has 0 spiro atoms. The van der Waals surface area contributed by atoms with Crippen molar-refractivity contribution in [2.45, 2.75) is 32.2 Å². The molecule has 37 heavy (non-hydrogen) atoms. The van der Waals surface area contributed by atoms with E-state index in [9.17, 15) is 14.3 Å². The van der Waals surface area contributed by atoms with Gasteiger partial charge < -0.3 is 23.9 Å². The van der Waals surface area contributed by atoms with Crippen LogP contribution in [0.1, 0.15) is 35.2 Å². The first kappa shape index (κ1) is 25.4. The molecule has 1 N–H and O–H groups in total. The first-order valence-electron chi connectivity index (χ1n) is 13.1. The van der Waals surface area contributed by atoms with E-state index in [1.54, 1.807) is 0 Å². The Morgan fingerprint density at radius 1 is 1.24 bits per heavy atom. The molecule has 0 saturated heterocycles. The number of rotatable bonds is 13. The van der Waals surface area contributed by atoms with Crippen LogP contribution < -0.4 is 4.74 Å². The average molecular weight is 507 g/mol. The Balaban J connectivity index is 1.57. The number of aromatic nitrogens is 3. The second-order valence-corrected chi connectivity index (χ2v) is 10.1. The molecule has 0 amide bonds. The molecule has 2 aromatic heterocycles. The van der Waals surface area contributed by atoms with E-state index in [-0.39, 0.29) is 19.9 Å². The van der Waals surface area contributed by atoms with Crippen LogP contribution in [-0.4, -0.2) is 70.4 Å². The summed E-state index contributed by atoms with van der Waals surface area (Å²) in [6.45, 7) is 2.22. The van der Waals surface area contributed by atoms with E-state index in [2.05, 4.69) is 32.2 Å². The Hall–Kier alpha value is -3.23. The molecule has 4 aromatic rings. The summed E-state index contributed by atoms with van der Waals surface area (Å²) in [4.78, 5) is 19.0. The summed E-state index contributed by atoms with van der Waals surface area (Å²) in [5.74, 6) is 2.24. The first-order chi connectivity index (χ1) is 18.0. The number of nitrogens with zero attached hydrogens (tertiary/aromatic N) is 4. The number of aliphatic hydroxyl groups excluding tert-OH is 1. The quantitative estimate of drug-likeness (QED) is 0.268. The van der Waals surface area contributed by atoms with E-state index in [4.69, 9.17) is 9.72 Å². The van der Waals surface area contributed by atoms with Crippen molar-refractivity contribution < 1.29 is 19.0 Å². The van der Waals surface area contributed by atoms with Gasteiger partial charge in [-0.25, -0.2) is 4.98 Å². The Kier molecular flexibility index (Phi) is 7.58. The van der Waals surface area contributed by atoms with Crippen molar-refractivity contribution >= 4 is 28.2 Å². The van der Waals surface area contributed by atoms with Gasteiger partial charge in [0.15, 0.2) is 5.82 Å². The molecule has 0 aliphatic heterocycles. The topological polar surface area (TPSA) is 72.5 Å². The van der Waals surface area contributed by atoms with Crippen LogP contribution in [0.4, 0.5) is 4.39 Å². The minimum atomic E-state index is -0.319. The highest BCUT2D eigenvalue weighted by Crippen LogP contribution is 2.39. The van der Waals surface area contributed by atoms with Gasteiger partial charge in [0, 0.05) is 37.6 Å². The van der Waals surface area contributed by atoms with Gasteiger partial charge in [-0.3, -0.25) is 9.18 Å². The Labute approximate surface area is 216 Å². The lowest BCUT2D eigenvalue weighted by atomic mass is 10.0. The predicted octanol–water partition coefficient (Wildman–Crippen LogP) is 4.62. The number of carbonyl (C=O) groups excluding carboxylic acids is 1. The zero-order valence-corrected chi connectivity index (χ0v) is 21.6. The molecular weight excluding hydrogens is 471 g/mol. The molecule has 2 heterocycles. The van der Waals surface area contributed by atoms with Gasteiger partial charge in [-0.2, -0.15) is 0 Å². The third-order valence-corrected chi connectivity index (χ3v) is 7.30. The number of ether oxygens (including phenoxy) is 1. The van der Waals surface area contributed by atoms with Crippen LogP contribution in [0.3, 0.4) is 0 Å². The molecule has 7 nitrogen and oxygen atoms in total. The van der Waals surface area contributed by atoms with Crippen LogP contribution in [0.5, 0.6) is 5.75 Å². The van der Waals surface area contributed by atoms with Crippen molar-refractivity contribution in [1.29, 1.82) is 0 Å². The summed E-state index contributed by atoms with van der Waals surface area (Å²) in [5, 5.41) is 10.4. The lowest BCUT2D eigenvalue weighted by Gasteiger charge is -2.16. The number of aldehydes is 1. The summed E-state index contributed by atoms with van der Waals surface area (Å²) < 4.78 is 22.9. The minimum absolute atomic E-state index is 0.0373. The second kappa shape index (κ2) is 11.0. The number of alkyl halides is 1. The van der Waals surface area contributed by atoms with Gasteiger partial charge in [0.1, 0.15) is 18.6 Å². The molecule has 1 saturated carbocycles. The lowest BCUT2D eigenvalue weighted by molar-refractivity contribution is 0.112. The first-order valence-corrected chi connectivity index (χ1v) is 13.1. The van der Waals surface area contributed by atoms with Crippen molar-refractivity contribution in [3.63, 3.8) is 0 Å². The number of para-hydroxylation sites is 1. The van der Waals surface area contributed by atoms with Gasteiger partial charge in [0.2, 0.25) is 0 Å². The number of imidazole rings is 1. The van der Waals surface area contributed by atoms with Crippen molar-refractivity contribution in [2.24, 2.45) is 13.0 Å². The molecule has 0 bridgehead atoms. The highest BCUT2D eigenvalue weighted by Gasteiger charge is 2.27. The van der Waals surface area contributed by atoms with Crippen molar-refractivity contribution in [1.82, 2.24) is 19.0 Å². The van der Waals surface area contributed by atoms with E-state index in [1.165, 1.54) is 12.8 Å². The normalized spacial score (nSPS) is 13.8. The Morgan fingerprint density at radius 2 is 2.08 bits per heavy atom. The van der Waals surface area contributed by atoms with Gasteiger partial charge in [0.05, 0.1) is 35.5 Å². The van der Waals surface area contributed by atoms with Gasteiger partial charge in [0.25, 0.3) is 0 Å². The van der Waals surface area contributed by atoms with Crippen LogP contribution in [0.25, 0.3) is 33.5 Å². The molecule has 2 aromatic carbocycles. The number of hydrogen-bond donors (Lipinski definition) is 1. The van der Waals surface area contributed by atoms with Gasteiger partial charge in [-0.15, -0.1) is 0 Å². The van der Waals surface area contributed by atoms with Crippen molar-refractivity contribution in [3.8, 4) is 17.3 Å². The maximum absolute atomic E-state index is 12.5. The SMILES string of the molecule is CN(CCCF)CCc1cc2c(cc1C=O)nc(-c1cc3cccc(OCCO)c3n1CC1CC1)n2C. The number of fused-ring (bicyclic) bond motifs is 2. The minimum Gasteiger partial charge on any atom is -0.489 e. The molecule has 5 rings (SSSR count). The lowest BCUT2D eigenvalue weighted by Crippen LogP contribution is -2.23. The van der Waals surface area contributed by atoms with Gasteiger partial charge in [-0.1, -0.05) is 12.1 Å². The summed E-state index contributed by atoms with van der Waals surface area (Å²) in [7, 11) is 4.00. The standard InChI is InChI=1S/C29H35FN4O3/c1-32(11-4-10-30)12-9-21-16-25-24(15-23(21)19-36)31-29(33(25)2)26-17-22-5-3-6-27(37-14-13-35)28(22)34(26)18-20-7-8-20/h3,5-6,15-17,19-20,35H,4,7-14,18H2,1-2H3. The zero-order valence-electron chi connectivity index (χ0n) is 21.6. The number of aliphatic hydroxyl groups is 1. The summed E-state index contributed by atoms with van der Waals surface area (Å²) >= 11 is 0. The number of benzene rings is 2. The fourth-order valence-corrected chi connectivity index (χ4v) is 5.10. The van der Waals surface area contributed by atoms with E-state index in [0.29, 0.717) is 30.9 Å². The fourth-order valence-electron chi connectivity index (χ4n) is 5.10. The van der Waals surface area contributed by atoms with Crippen LogP contribution in [-0.2, 0) is 20.0 Å². The molecule has 1 fully saturated rings. The van der Waals surface area contributed by atoms with E-state index in [0.717, 1.165) is 64.1 Å². The predicted molar refractivity (Wildman–Crippen MR) is 144 cm³/mol. The Bertz CT molecular complexity index is 1410. The van der Waals surface area contributed by atoms with Gasteiger partial charge >= 0.3 is 0 Å². The van der Waals surface area contributed by atoms with Gasteiger partial charge in [-0.05, 0) is 68.5 Å². The summed E-state index contributed by atoms with van der Waals surface area (Å²) in [6, 6.07) is 12.1. The van der Waals surface area contributed by atoms with E-state index < -0.39 is 0 Å². The summed E-state index contributed by atoms with van der Waals surface area (Å²) in [6.07, 6.45) is 4.56. The maximum atomic E-state index is 12.5. The van der Waals surface area contributed by atoms with E-state index >= 15 is 0 Å². The molecule has 8 heteroatoms. The smallest absolute Gasteiger partial charge is 0.157 e. The average Bonchev–Trinajstić information content (AvgIpc) is 3.58. The molecule has 196 valence electrons. The van der Waals surface area contributed by atoms with Crippen LogP contribution in [0.2, 0.25) is 0 Å². The number of likely N-dealkylation sites (N-methyl/N-ethyl adjacent to an activating group) is 1. The van der Waals surface area contributed by atoms with Crippen molar-refractivity contribution in [2.75, 3.05) is 40.0 Å². The van der Waals surface area contributed by atoms with Crippen molar-refractivity contribution in [3.05, 3.63) is 47.5 Å². The highest BCUT2D eigenvalue weighted by atomic mass is 19.1. The van der Waals surface area contributed by atoms with Crippen LogP contribution in [0.15, 0.2) is 36.4 Å². The van der Waals surface area contributed by atoms with Crippen LogP contribution in [0, 0.1) is 5.92 Å². The zero-order chi connectivity index (χ0) is 25.9. The third-order valence-electron chi connectivity index (χ3n) is 7.30. The molecule has 0 atom stereocenters. The molecule has 1 aliphatic carbocycles. The number of halogens is 1. The second-order valence-electron chi connectivity index (χ2n) is 10.1. The molecule has 0 unspecified atom stereocenters. The largest absolute Gasteiger partial charge is 0.489 e. The number of carbonyl (C=O) groups is 1. The third kappa shape index (κ3) is 5.26. The summed E-state index contributed by atoms with van der Waals surface area (Å²) in [5.41, 5.74) is 5.42. The fraction of sp³-hybridized carbons (Fsp3) is 0.448. The maximum Gasteiger partial charge on any atom is 0.157 e. The number of hydrogen-bond acceptors (Lipinski definition) is 5. The molecular formula is C29H35FN4O3. The monoisotopic (exact) mass is 506 g/mol. The van der Waals surface area contributed by atoms with Crippen LogP contribution >= 0.6 is 0 Å². The van der Waals surface area contributed by atoms with E-state index in [1.807, 2.05) is 32.3 Å². The molecule has 0 radical (unpaired) electrons. The number of aryl methyl sites for hydroxylation is 1. The Morgan fingerprint density at radius 3 is 2.81 bits per heavy atom. The molecule has 1 aliphatic rings. The highest BCUT2D eigenvalue weighted by molar-refractivity contribution is 5.93.